The van der Waals surface area contributed by atoms with Gasteiger partial charge in [0.15, 0.2) is 23.1 Å². The Bertz CT molecular complexity index is 1770. The van der Waals surface area contributed by atoms with E-state index in [0.717, 1.165) is 4.68 Å². The van der Waals surface area contributed by atoms with Crippen molar-refractivity contribution >= 4 is 62.8 Å². The van der Waals surface area contributed by atoms with Crippen LogP contribution in [0.1, 0.15) is 44.6 Å². The first-order chi connectivity index (χ1) is 16.8. The Balaban J connectivity index is 1.46. The van der Waals surface area contributed by atoms with Gasteiger partial charge in [0, 0.05) is 21.7 Å². The van der Waals surface area contributed by atoms with Gasteiger partial charge >= 0.3 is 0 Å². The molecule has 0 fully saturated rings. The second kappa shape index (κ2) is 7.69. The Morgan fingerprint density at radius 2 is 1.63 bits per heavy atom. The average molecular weight is 502 g/mol. The predicted octanol–water partition coefficient (Wildman–Crippen LogP) is 4.53. The monoisotopic (exact) mass is 501 g/mol. The summed E-state index contributed by atoms with van der Waals surface area (Å²) >= 11 is 12.3. The molecule has 0 atom stereocenters. The highest BCUT2D eigenvalue weighted by molar-refractivity contribution is 6.48. The zero-order valence-corrected chi connectivity index (χ0v) is 19.5. The average Bonchev–Trinajstić information content (AvgIpc) is 3.17. The van der Waals surface area contributed by atoms with Gasteiger partial charge in [-0.25, -0.2) is 4.98 Å². The summed E-state index contributed by atoms with van der Waals surface area (Å²) in [5.41, 5.74) is 5.02. The largest absolute Gasteiger partial charge is 0.289 e. The van der Waals surface area contributed by atoms with Crippen LogP contribution in [0.15, 0.2) is 69.6 Å². The van der Waals surface area contributed by atoms with Gasteiger partial charge < -0.3 is 0 Å². The molecule has 0 amide bonds. The summed E-state index contributed by atoms with van der Waals surface area (Å²) in [6.07, 6.45) is 0. The van der Waals surface area contributed by atoms with Crippen molar-refractivity contribution in [2.75, 3.05) is 5.43 Å². The first-order valence-electron chi connectivity index (χ1n) is 10.5. The molecule has 1 aliphatic heterocycles. The number of carbonyl (C=O) groups excluding carboxylic acids is 2. The number of fused-ring (bicyclic) bond motifs is 4. The number of anilines is 1. The van der Waals surface area contributed by atoms with E-state index in [1.165, 1.54) is 12.1 Å². The van der Waals surface area contributed by atoms with E-state index in [0.29, 0.717) is 38.8 Å². The third kappa shape index (κ3) is 3.14. The summed E-state index contributed by atoms with van der Waals surface area (Å²) in [6, 6.07) is 14.6. The highest BCUT2D eigenvalue weighted by atomic mass is 35.5. The Labute approximate surface area is 207 Å². The normalized spacial score (nSPS) is 15.2. The van der Waals surface area contributed by atoms with Crippen molar-refractivity contribution in [1.82, 2.24) is 9.66 Å². The van der Waals surface area contributed by atoms with Gasteiger partial charge in [0.1, 0.15) is 0 Å². The zero-order chi connectivity index (χ0) is 24.4. The van der Waals surface area contributed by atoms with Crippen molar-refractivity contribution < 1.29 is 9.59 Å². The summed E-state index contributed by atoms with van der Waals surface area (Å²) in [7, 11) is 0. The van der Waals surface area contributed by atoms with E-state index >= 15 is 0 Å². The van der Waals surface area contributed by atoms with Gasteiger partial charge in [-0.3, -0.25) is 19.8 Å². The van der Waals surface area contributed by atoms with Gasteiger partial charge in [-0.15, -0.1) is 0 Å². The number of ketones is 2. The molecule has 0 spiro atoms. The number of aromatic nitrogens is 2. The minimum atomic E-state index is -0.437. The fraction of sp³-hybridized carbons (Fsp3) is 0.0400. The van der Waals surface area contributed by atoms with Crippen LogP contribution in [0.5, 0.6) is 0 Å². The molecule has 2 heterocycles. The Hall–Kier alpha value is -4.14. The highest BCUT2D eigenvalue weighted by Crippen LogP contribution is 2.32. The first kappa shape index (κ1) is 21.4. The maximum atomic E-state index is 13.2. The lowest BCUT2D eigenvalue weighted by Crippen LogP contribution is -2.23. The first-order valence-corrected chi connectivity index (χ1v) is 11.2. The standard InChI is InChI=1S/C25H13Cl2N5O3/c1-11-20(24-28-21-16(25(35)32(24)31-11)9-12(26)10-17(21)27)30-29-18-8-4-7-15-19(18)23(34)14-6-3-2-5-13(14)22(15)33/h2-10,29H,1H3/b30-20+. The third-order valence-electron chi connectivity index (χ3n) is 5.91. The molecule has 35 heavy (non-hydrogen) atoms. The van der Waals surface area contributed by atoms with Crippen LogP contribution in [0, 0.1) is 0 Å². The second-order valence-electron chi connectivity index (χ2n) is 8.03. The summed E-state index contributed by atoms with van der Waals surface area (Å²) in [5, 5.41) is 9.47. The molecule has 6 rings (SSSR count). The molecule has 0 radical (unpaired) electrons. The van der Waals surface area contributed by atoms with Crippen LogP contribution in [0.25, 0.3) is 10.9 Å². The van der Waals surface area contributed by atoms with E-state index in [1.807, 2.05) is 0 Å². The molecule has 170 valence electrons. The zero-order valence-electron chi connectivity index (χ0n) is 18.0. The lowest BCUT2D eigenvalue weighted by molar-refractivity contribution is 0.0979. The van der Waals surface area contributed by atoms with Crippen LogP contribution < -0.4 is 11.0 Å². The molecule has 3 aromatic carbocycles. The number of rotatable bonds is 2. The minimum absolute atomic E-state index is 0.189. The molecule has 1 aromatic heterocycles. The summed E-state index contributed by atoms with van der Waals surface area (Å²) in [4.78, 5) is 43.8. The lowest BCUT2D eigenvalue weighted by Gasteiger charge is -2.19. The van der Waals surface area contributed by atoms with Crippen molar-refractivity contribution in [1.29, 1.82) is 0 Å². The summed E-state index contributed by atoms with van der Waals surface area (Å²) in [5.74, 6) is -0.322. The smallest absolute Gasteiger partial charge is 0.282 e. The number of hydrogen-bond donors (Lipinski definition) is 1. The lowest BCUT2D eigenvalue weighted by atomic mass is 9.83. The molecular weight excluding hydrogens is 489 g/mol. The summed E-state index contributed by atoms with van der Waals surface area (Å²) in [6.45, 7) is 1.68. The van der Waals surface area contributed by atoms with Crippen molar-refractivity contribution in [3.63, 3.8) is 0 Å². The highest BCUT2D eigenvalue weighted by Gasteiger charge is 2.32. The Morgan fingerprint density at radius 3 is 2.40 bits per heavy atom. The molecule has 10 heteroatoms. The number of nitrogens with one attached hydrogen (secondary N) is 1. The maximum Gasteiger partial charge on any atom is 0.282 e. The molecule has 1 aliphatic carbocycles. The molecule has 2 aliphatic rings. The van der Waals surface area contributed by atoms with Crippen LogP contribution >= 0.6 is 23.2 Å². The number of benzene rings is 3. The van der Waals surface area contributed by atoms with Gasteiger partial charge in [-0.05, 0) is 25.1 Å². The van der Waals surface area contributed by atoms with Gasteiger partial charge in [-0.1, -0.05) is 59.6 Å². The SMILES string of the molecule is CC1=Nn2c(nc3c(Cl)cc(Cl)cc3c2=O)/C1=N/Nc1cccc2c1C(=O)c1ccccc1C2=O. The van der Waals surface area contributed by atoms with Gasteiger partial charge in [0.25, 0.3) is 5.56 Å². The topological polar surface area (TPSA) is 106 Å². The number of hydrogen-bond acceptors (Lipinski definition) is 7. The number of carbonyl (C=O) groups is 2. The molecule has 0 saturated heterocycles. The van der Waals surface area contributed by atoms with E-state index in [9.17, 15) is 14.4 Å². The van der Waals surface area contributed by atoms with Crippen molar-refractivity contribution in [2.45, 2.75) is 6.92 Å². The molecule has 4 aromatic rings. The van der Waals surface area contributed by atoms with Gasteiger partial charge in [-0.2, -0.15) is 14.9 Å². The van der Waals surface area contributed by atoms with Crippen molar-refractivity contribution in [3.05, 3.63) is 103 Å². The number of hydrazone groups is 1. The van der Waals surface area contributed by atoms with Crippen LogP contribution in [0.4, 0.5) is 5.69 Å². The maximum absolute atomic E-state index is 13.2. The Kier molecular flexibility index (Phi) is 4.70. The second-order valence-corrected chi connectivity index (χ2v) is 8.87. The molecule has 8 nitrogen and oxygen atoms in total. The van der Waals surface area contributed by atoms with E-state index in [4.69, 9.17) is 23.2 Å². The van der Waals surface area contributed by atoms with Crippen LogP contribution in [0.3, 0.4) is 0 Å². The van der Waals surface area contributed by atoms with Crippen LogP contribution in [0.2, 0.25) is 10.0 Å². The Morgan fingerprint density at radius 1 is 0.914 bits per heavy atom. The molecule has 1 N–H and O–H groups in total. The number of nitrogens with zero attached hydrogens (tertiary/aromatic N) is 4. The van der Waals surface area contributed by atoms with Crippen LogP contribution in [-0.2, 0) is 0 Å². The molecule has 0 bridgehead atoms. The number of halogens is 2. The molecule has 0 unspecified atom stereocenters. The fourth-order valence-corrected chi connectivity index (χ4v) is 4.83. The van der Waals surface area contributed by atoms with Gasteiger partial charge in [0.05, 0.1) is 32.9 Å². The van der Waals surface area contributed by atoms with Gasteiger partial charge in [0.2, 0.25) is 0 Å². The molecule has 0 saturated carbocycles. The predicted molar refractivity (Wildman–Crippen MR) is 134 cm³/mol. The van der Waals surface area contributed by atoms with E-state index in [1.54, 1.807) is 49.4 Å². The van der Waals surface area contributed by atoms with E-state index < -0.39 is 5.56 Å². The van der Waals surface area contributed by atoms with Crippen molar-refractivity contribution in [3.8, 4) is 0 Å². The third-order valence-corrected chi connectivity index (χ3v) is 6.42. The summed E-state index contributed by atoms with van der Waals surface area (Å²) < 4.78 is 1.14. The van der Waals surface area contributed by atoms with E-state index in [-0.39, 0.29) is 38.9 Å². The van der Waals surface area contributed by atoms with Crippen molar-refractivity contribution in [2.24, 2.45) is 10.2 Å². The molecular formula is C25H13Cl2N5O3. The van der Waals surface area contributed by atoms with Crippen LogP contribution in [-0.4, -0.2) is 32.6 Å². The quantitative estimate of drug-likeness (QED) is 0.357. The fourth-order valence-electron chi connectivity index (χ4n) is 4.30. The van der Waals surface area contributed by atoms with E-state index in [2.05, 4.69) is 20.6 Å². The minimum Gasteiger partial charge on any atom is -0.289 e.